The largest absolute Gasteiger partial charge is 0.493 e. The van der Waals surface area contributed by atoms with Crippen molar-refractivity contribution in [2.45, 2.75) is 25.9 Å². The first-order valence-corrected chi connectivity index (χ1v) is 8.52. The molecule has 144 valence electrons. The second kappa shape index (κ2) is 9.41. The number of halogens is 4. The van der Waals surface area contributed by atoms with E-state index in [0.717, 1.165) is 17.8 Å². The third kappa shape index (κ3) is 6.60. The number of alkyl halides is 3. The van der Waals surface area contributed by atoms with Crippen molar-refractivity contribution in [3.63, 3.8) is 0 Å². The molecule has 0 fully saturated rings. The van der Waals surface area contributed by atoms with E-state index in [-0.39, 0.29) is 12.0 Å². The molecular weight excluding hydrogens is 381 g/mol. The quantitative estimate of drug-likeness (QED) is 0.406. The van der Waals surface area contributed by atoms with Crippen molar-refractivity contribution in [1.82, 2.24) is 5.43 Å². The van der Waals surface area contributed by atoms with Crippen LogP contribution in [0.15, 0.2) is 47.6 Å². The van der Waals surface area contributed by atoms with Gasteiger partial charge in [0.25, 0.3) is 0 Å². The lowest BCUT2D eigenvalue weighted by Crippen LogP contribution is -2.18. The Bertz CT molecular complexity index is 823. The molecule has 0 radical (unpaired) electrons. The molecule has 0 heterocycles. The first-order chi connectivity index (χ1) is 12.8. The topological polar surface area (TPSA) is 50.7 Å². The van der Waals surface area contributed by atoms with Crippen LogP contribution in [0.4, 0.5) is 13.2 Å². The standard InChI is InChI=1S/C19H18ClF3N2O2/c1-13-11-15(20)8-9-17(13)27-10-4-7-18(26)25-24-12-14-5-2-3-6-16(14)19(21,22)23/h2-3,5-6,8-9,11-12H,4,7,10H2,1H3,(H,25,26)/b24-12+. The van der Waals surface area contributed by atoms with Crippen molar-refractivity contribution in [1.29, 1.82) is 0 Å². The van der Waals surface area contributed by atoms with E-state index in [4.69, 9.17) is 16.3 Å². The Morgan fingerprint density at radius 3 is 2.70 bits per heavy atom. The van der Waals surface area contributed by atoms with E-state index in [1.165, 1.54) is 18.2 Å². The molecule has 0 aliphatic heterocycles. The number of aryl methyl sites for hydroxylation is 1. The van der Waals surface area contributed by atoms with Crippen LogP contribution in [0.5, 0.6) is 5.75 Å². The summed E-state index contributed by atoms with van der Waals surface area (Å²) in [7, 11) is 0. The third-order valence-electron chi connectivity index (χ3n) is 3.60. The Labute approximate surface area is 160 Å². The number of benzene rings is 2. The highest BCUT2D eigenvalue weighted by Crippen LogP contribution is 2.31. The van der Waals surface area contributed by atoms with Crippen molar-refractivity contribution in [3.05, 3.63) is 64.2 Å². The van der Waals surface area contributed by atoms with Crippen molar-refractivity contribution in [2.24, 2.45) is 5.10 Å². The van der Waals surface area contributed by atoms with Gasteiger partial charge in [-0.15, -0.1) is 0 Å². The number of rotatable bonds is 7. The fourth-order valence-electron chi connectivity index (χ4n) is 2.29. The number of carbonyl (C=O) groups is 1. The van der Waals surface area contributed by atoms with Gasteiger partial charge >= 0.3 is 6.18 Å². The molecule has 0 aliphatic rings. The van der Waals surface area contributed by atoms with Crippen LogP contribution in [0.2, 0.25) is 5.02 Å². The van der Waals surface area contributed by atoms with Gasteiger partial charge in [0.05, 0.1) is 18.4 Å². The number of carbonyl (C=O) groups excluding carboxylic acids is 1. The van der Waals surface area contributed by atoms with Crippen LogP contribution in [0.3, 0.4) is 0 Å². The molecule has 0 saturated carbocycles. The summed E-state index contributed by atoms with van der Waals surface area (Å²) in [5, 5.41) is 4.21. The molecule has 0 spiro atoms. The molecule has 0 unspecified atom stereocenters. The summed E-state index contributed by atoms with van der Waals surface area (Å²) in [6.45, 7) is 2.18. The minimum atomic E-state index is -4.48. The van der Waals surface area contributed by atoms with Crippen LogP contribution in [-0.2, 0) is 11.0 Å². The van der Waals surface area contributed by atoms with E-state index in [9.17, 15) is 18.0 Å². The van der Waals surface area contributed by atoms with Gasteiger partial charge in [-0.3, -0.25) is 4.79 Å². The molecule has 0 bridgehead atoms. The number of nitrogens with zero attached hydrogens (tertiary/aromatic N) is 1. The summed E-state index contributed by atoms with van der Waals surface area (Å²) in [5.74, 6) is 0.272. The SMILES string of the molecule is Cc1cc(Cl)ccc1OCCCC(=O)N/N=C/c1ccccc1C(F)(F)F. The van der Waals surface area contributed by atoms with E-state index >= 15 is 0 Å². The Hall–Kier alpha value is -2.54. The van der Waals surface area contributed by atoms with E-state index in [2.05, 4.69) is 10.5 Å². The second-order valence-corrected chi connectivity index (χ2v) is 6.18. The molecule has 2 rings (SSSR count). The predicted molar refractivity (Wildman–Crippen MR) is 98.1 cm³/mol. The Kier molecular flexibility index (Phi) is 7.24. The number of hydrogen-bond donors (Lipinski definition) is 1. The van der Waals surface area contributed by atoms with Gasteiger partial charge in [-0.05, 0) is 43.2 Å². The van der Waals surface area contributed by atoms with E-state index in [1.807, 2.05) is 6.92 Å². The average molecular weight is 399 g/mol. The highest BCUT2D eigenvalue weighted by molar-refractivity contribution is 6.30. The van der Waals surface area contributed by atoms with Gasteiger partial charge in [-0.1, -0.05) is 29.8 Å². The lowest BCUT2D eigenvalue weighted by Gasteiger charge is -2.09. The minimum absolute atomic E-state index is 0.119. The van der Waals surface area contributed by atoms with Gasteiger partial charge < -0.3 is 4.74 Å². The summed E-state index contributed by atoms with van der Waals surface area (Å²) in [6.07, 6.45) is -2.94. The Morgan fingerprint density at radius 1 is 1.26 bits per heavy atom. The first-order valence-electron chi connectivity index (χ1n) is 8.14. The molecule has 0 atom stereocenters. The van der Waals surface area contributed by atoms with Gasteiger partial charge in [0, 0.05) is 17.0 Å². The fourth-order valence-corrected chi connectivity index (χ4v) is 2.51. The van der Waals surface area contributed by atoms with Crippen molar-refractivity contribution in [2.75, 3.05) is 6.61 Å². The Morgan fingerprint density at radius 2 is 2.00 bits per heavy atom. The van der Waals surface area contributed by atoms with Crippen molar-refractivity contribution in [3.8, 4) is 5.75 Å². The number of hydrogen-bond acceptors (Lipinski definition) is 3. The molecular formula is C19H18ClF3N2O2. The van der Waals surface area contributed by atoms with E-state index in [1.54, 1.807) is 18.2 Å². The summed E-state index contributed by atoms with van der Waals surface area (Å²) in [4.78, 5) is 11.7. The predicted octanol–water partition coefficient (Wildman–Crippen LogP) is 4.98. The third-order valence-corrected chi connectivity index (χ3v) is 3.84. The second-order valence-electron chi connectivity index (χ2n) is 5.74. The lowest BCUT2D eigenvalue weighted by atomic mass is 10.1. The van der Waals surface area contributed by atoms with Crippen molar-refractivity contribution >= 4 is 23.7 Å². The number of hydrazone groups is 1. The average Bonchev–Trinajstić information content (AvgIpc) is 2.60. The van der Waals surface area contributed by atoms with Crippen LogP contribution in [0.1, 0.15) is 29.5 Å². The lowest BCUT2D eigenvalue weighted by molar-refractivity contribution is -0.137. The van der Waals surface area contributed by atoms with Crippen LogP contribution < -0.4 is 10.2 Å². The van der Waals surface area contributed by atoms with Crippen LogP contribution in [0, 0.1) is 6.92 Å². The maximum absolute atomic E-state index is 12.9. The van der Waals surface area contributed by atoms with Gasteiger partial charge in [-0.25, -0.2) is 5.43 Å². The highest BCUT2D eigenvalue weighted by Gasteiger charge is 2.32. The van der Waals surface area contributed by atoms with Gasteiger partial charge in [0.1, 0.15) is 5.75 Å². The minimum Gasteiger partial charge on any atom is -0.493 e. The molecule has 8 heteroatoms. The summed E-state index contributed by atoms with van der Waals surface area (Å²) >= 11 is 5.86. The van der Waals surface area contributed by atoms with E-state index in [0.29, 0.717) is 23.8 Å². The zero-order valence-electron chi connectivity index (χ0n) is 14.5. The monoisotopic (exact) mass is 398 g/mol. The molecule has 4 nitrogen and oxygen atoms in total. The first kappa shape index (κ1) is 20.8. The molecule has 0 aromatic heterocycles. The van der Waals surface area contributed by atoms with Crippen LogP contribution >= 0.6 is 11.6 Å². The molecule has 0 aliphatic carbocycles. The number of ether oxygens (including phenoxy) is 1. The molecule has 1 N–H and O–H groups in total. The number of nitrogens with one attached hydrogen (secondary N) is 1. The number of amides is 1. The fraction of sp³-hybridized carbons (Fsp3) is 0.263. The molecule has 27 heavy (non-hydrogen) atoms. The molecule has 2 aromatic rings. The van der Waals surface area contributed by atoms with Gasteiger partial charge in [-0.2, -0.15) is 18.3 Å². The Balaban J connectivity index is 1.77. The summed E-state index contributed by atoms with van der Waals surface area (Å²) < 4.78 is 44.1. The zero-order chi connectivity index (χ0) is 19.9. The summed E-state index contributed by atoms with van der Waals surface area (Å²) in [5.41, 5.74) is 2.18. The van der Waals surface area contributed by atoms with Gasteiger partial charge in [0.15, 0.2) is 0 Å². The van der Waals surface area contributed by atoms with Crippen molar-refractivity contribution < 1.29 is 22.7 Å². The molecule has 2 aromatic carbocycles. The maximum atomic E-state index is 12.9. The molecule has 0 saturated heterocycles. The molecule has 1 amide bonds. The van der Waals surface area contributed by atoms with Crippen LogP contribution in [0.25, 0.3) is 0 Å². The van der Waals surface area contributed by atoms with Crippen LogP contribution in [-0.4, -0.2) is 18.7 Å². The summed E-state index contributed by atoms with van der Waals surface area (Å²) in [6, 6.07) is 10.2. The van der Waals surface area contributed by atoms with E-state index < -0.39 is 17.6 Å². The zero-order valence-corrected chi connectivity index (χ0v) is 15.3. The highest BCUT2D eigenvalue weighted by atomic mass is 35.5. The van der Waals surface area contributed by atoms with Gasteiger partial charge in [0.2, 0.25) is 5.91 Å². The normalized spacial score (nSPS) is 11.6. The smallest absolute Gasteiger partial charge is 0.417 e. The maximum Gasteiger partial charge on any atom is 0.417 e.